The predicted octanol–water partition coefficient (Wildman–Crippen LogP) is 0.773. The van der Waals surface area contributed by atoms with Crippen LogP contribution in [0.1, 0.15) is 12.8 Å². The van der Waals surface area contributed by atoms with Crippen molar-refractivity contribution in [2.75, 3.05) is 26.2 Å². The molecule has 2 N–H and O–H groups in total. The number of hydrogen-bond donors (Lipinski definition) is 2. The molecule has 0 aliphatic heterocycles. The van der Waals surface area contributed by atoms with E-state index in [9.17, 15) is 5.11 Å². The van der Waals surface area contributed by atoms with Crippen LogP contribution < -0.4 is 5.32 Å². The molecule has 1 rings (SSSR count). The van der Waals surface area contributed by atoms with Crippen molar-refractivity contribution in [2.24, 2.45) is 0 Å². The molecule has 86 valence electrons. The molecular formula is C12H22N2O. The highest BCUT2D eigenvalue weighted by Crippen LogP contribution is 2.18. The summed E-state index contributed by atoms with van der Waals surface area (Å²) in [5.74, 6) is 0. The molecular weight excluding hydrogens is 188 g/mol. The summed E-state index contributed by atoms with van der Waals surface area (Å²) in [6.45, 7) is 10.4. The van der Waals surface area contributed by atoms with Gasteiger partial charge in [-0.3, -0.25) is 4.90 Å². The van der Waals surface area contributed by atoms with E-state index in [0.29, 0.717) is 19.1 Å². The number of hydrogen-bond acceptors (Lipinski definition) is 3. The van der Waals surface area contributed by atoms with Crippen LogP contribution in [0.2, 0.25) is 0 Å². The summed E-state index contributed by atoms with van der Waals surface area (Å²) in [6, 6.07) is 0.659. The number of nitrogens with one attached hydrogen (secondary N) is 1. The Labute approximate surface area is 92.5 Å². The van der Waals surface area contributed by atoms with Crippen LogP contribution in [0.25, 0.3) is 0 Å². The first-order chi connectivity index (χ1) is 7.26. The van der Waals surface area contributed by atoms with Crippen molar-refractivity contribution in [3.05, 3.63) is 25.3 Å². The quantitative estimate of drug-likeness (QED) is 0.552. The zero-order valence-corrected chi connectivity index (χ0v) is 9.36. The Morgan fingerprint density at radius 3 is 2.40 bits per heavy atom. The van der Waals surface area contributed by atoms with Crippen LogP contribution in [0.15, 0.2) is 25.3 Å². The van der Waals surface area contributed by atoms with Gasteiger partial charge in [0, 0.05) is 32.2 Å². The summed E-state index contributed by atoms with van der Waals surface area (Å²) >= 11 is 0. The van der Waals surface area contributed by atoms with Crippen molar-refractivity contribution < 1.29 is 5.11 Å². The Morgan fingerprint density at radius 1 is 1.33 bits per heavy atom. The highest BCUT2D eigenvalue weighted by atomic mass is 16.3. The van der Waals surface area contributed by atoms with E-state index in [1.165, 1.54) is 12.8 Å². The third-order valence-corrected chi connectivity index (χ3v) is 2.46. The molecule has 1 unspecified atom stereocenters. The number of nitrogens with zero attached hydrogens (tertiary/aromatic N) is 1. The average molecular weight is 210 g/mol. The first-order valence-corrected chi connectivity index (χ1v) is 5.62. The van der Waals surface area contributed by atoms with Gasteiger partial charge in [-0.05, 0) is 12.8 Å². The molecule has 0 bridgehead atoms. The van der Waals surface area contributed by atoms with Crippen molar-refractivity contribution in [2.45, 2.75) is 25.0 Å². The van der Waals surface area contributed by atoms with Gasteiger partial charge >= 0.3 is 0 Å². The summed E-state index contributed by atoms with van der Waals surface area (Å²) in [4.78, 5) is 2.12. The zero-order valence-electron chi connectivity index (χ0n) is 9.36. The van der Waals surface area contributed by atoms with Gasteiger partial charge in [-0.25, -0.2) is 0 Å². The maximum absolute atomic E-state index is 9.78. The fourth-order valence-corrected chi connectivity index (χ4v) is 1.54. The lowest BCUT2D eigenvalue weighted by Crippen LogP contribution is -2.39. The van der Waals surface area contributed by atoms with Crippen LogP contribution in [0.3, 0.4) is 0 Å². The van der Waals surface area contributed by atoms with E-state index in [0.717, 1.165) is 13.1 Å². The standard InChI is InChI=1S/C12H22N2O/c1-3-7-14(8-4-2)10-12(15)9-13-11-5-6-11/h3-4,11-13,15H,1-2,5-10H2. The van der Waals surface area contributed by atoms with E-state index in [1.54, 1.807) is 0 Å². The number of aliphatic hydroxyl groups excluding tert-OH is 1. The van der Waals surface area contributed by atoms with Crippen molar-refractivity contribution in [3.63, 3.8) is 0 Å². The van der Waals surface area contributed by atoms with Gasteiger partial charge in [-0.2, -0.15) is 0 Å². The van der Waals surface area contributed by atoms with E-state index in [2.05, 4.69) is 23.4 Å². The SMILES string of the molecule is C=CCN(CC=C)CC(O)CNC1CC1. The molecule has 1 atom stereocenters. The summed E-state index contributed by atoms with van der Waals surface area (Å²) in [5.41, 5.74) is 0. The topological polar surface area (TPSA) is 35.5 Å². The lowest BCUT2D eigenvalue weighted by Gasteiger charge is -2.22. The second kappa shape index (κ2) is 6.77. The van der Waals surface area contributed by atoms with E-state index in [4.69, 9.17) is 0 Å². The smallest absolute Gasteiger partial charge is 0.0791 e. The van der Waals surface area contributed by atoms with E-state index in [-0.39, 0.29) is 6.10 Å². The molecule has 0 amide bonds. The molecule has 0 aromatic heterocycles. The molecule has 1 fully saturated rings. The van der Waals surface area contributed by atoms with Crippen molar-refractivity contribution >= 4 is 0 Å². The Kier molecular flexibility index (Phi) is 5.61. The normalized spacial score (nSPS) is 17.7. The van der Waals surface area contributed by atoms with Crippen LogP contribution in [0, 0.1) is 0 Å². The van der Waals surface area contributed by atoms with Crippen LogP contribution >= 0.6 is 0 Å². The molecule has 1 aliphatic carbocycles. The molecule has 0 heterocycles. The van der Waals surface area contributed by atoms with Gasteiger partial charge < -0.3 is 10.4 Å². The monoisotopic (exact) mass is 210 g/mol. The molecule has 15 heavy (non-hydrogen) atoms. The van der Waals surface area contributed by atoms with Gasteiger partial charge in [0.2, 0.25) is 0 Å². The average Bonchev–Trinajstić information content (AvgIpc) is 2.99. The second-order valence-electron chi connectivity index (χ2n) is 4.13. The molecule has 0 spiro atoms. The lowest BCUT2D eigenvalue weighted by molar-refractivity contribution is 0.122. The molecule has 1 aliphatic rings. The molecule has 3 heteroatoms. The lowest BCUT2D eigenvalue weighted by atomic mass is 10.3. The van der Waals surface area contributed by atoms with Crippen LogP contribution in [0.4, 0.5) is 0 Å². The number of aliphatic hydroxyl groups is 1. The van der Waals surface area contributed by atoms with Crippen LogP contribution in [-0.4, -0.2) is 48.3 Å². The molecule has 1 saturated carbocycles. The summed E-state index contributed by atoms with van der Waals surface area (Å²) in [7, 11) is 0. The van der Waals surface area contributed by atoms with Crippen LogP contribution in [0.5, 0.6) is 0 Å². The van der Waals surface area contributed by atoms with E-state index >= 15 is 0 Å². The minimum Gasteiger partial charge on any atom is -0.390 e. The maximum atomic E-state index is 9.78. The van der Waals surface area contributed by atoms with Crippen molar-refractivity contribution in [1.29, 1.82) is 0 Å². The minimum absolute atomic E-state index is 0.300. The summed E-state index contributed by atoms with van der Waals surface area (Å²) in [5, 5.41) is 13.1. The maximum Gasteiger partial charge on any atom is 0.0791 e. The highest BCUT2D eigenvalue weighted by molar-refractivity contribution is 4.84. The van der Waals surface area contributed by atoms with E-state index in [1.807, 2.05) is 12.2 Å². The third-order valence-electron chi connectivity index (χ3n) is 2.46. The van der Waals surface area contributed by atoms with Gasteiger partial charge in [0.05, 0.1) is 6.10 Å². The molecule has 3 nitrogen and oxygen atoms in total. The molecule has 0 aromatic carbocycles. The van der Waals surface area contributed by atoms with Gasteiger partial charge in [0.15, 0.2) is 0 Å². The Bertz CT molecular complexity index is 192. The number of rotatable bonds is 9. The van der Waals surface area contributed by atoms with Crippen molar-refractivity contribution in [3.8, 4) is 0 Å². The minimum atomic E-state index is -0.300. The zero-order chi connectivity index (χ0) is 11.1. The fourth-order valence-electron chi connectivity index (χ4n) is 1.54. The van der Waals surface area contributed by atoms with Gasteiger partial charge in [0.25, 0.3) is 0 Å². The van der Waals surface area contributed by atoms with E-state index < -0.39 is 0 Å². The predicted molar refractivity (Wildman–Crippen MR) is 63.9 cm³/mol. The summed E-state index contributed by atoms with van der Waals surface area (Å²) < 4.78 is 0. The third kappa shape index (κ3) is 5.72. The van der Waals surface area contributed by atoms with Crippen LogP contribution in [-0.2, 0) is 0 Å². The second-order valence-corrected chi connectivity index (χ2v) is 4.13. The first kappa shape index (κ1) is 12.4. The van der Waals surface area contributed by atoms with Gasteiger partial charge in [-0.1, -0.05) is 12.2 Å². The molecule has 0 radical (unpaired) electrons. The van der Waals surface area contributed by atoms with Gasteiger partial charge in [-0.15, -0.1) is 13.2 Å². The highest BCUT2D eigenvalue weighted by Gasteiger charge is 2.21. The Morgan fingerprint density at radius 2 is 1.93 bits per heavy atom. The van der Waals surface area contributed by atoms with Crippen molar-refractivity contribution in [1.82, 2.24) is 10.2 Å². The Hall–Kier alpha value is -0.640. The molecule has 0 saturated heterocycles. The van der Waals surface area contributed by atoms with Gasteiger partial charge in [0.1, 0.15) is 0 Å². The summed E-state index contributed by atoms with van der Waals surface area (Å²) in [6.07, 6.45) is 5.92. The fraction of sp³-hybridized carbons (Fsp3) is 0.667. The molecule has 0 aromatic rings. The Balaban J connectivity index is 2.14. The first-order valence-electron chi connectivity index (χ1n) is 5.62. The largest absolute Gasteiger partial charge is 0.390 e.